The number of thiazole rings is 1. The molecule has 5 rings (SSSR count). The number of thiophene rings is 1. The SMILES string of the molecule is O=C(c1ccccc1)c1c(O)c(O)n(-c2nc3ccccc3s2)c1-c1ccsc1. The first kappa shape index (κ1) is 17.7. The third-order valence-corrected chi connectivity index (χ3v) is 6.36. The summed E-state index contributed by atoms with van der Waals surface area (Å²) in [7, 11) is 0. The van der Waals surface area contributed by atoms with E-state index in [4.69, 9.17) is 0 Å². The minimum atomic E-state index is -0.445. The maximum Gasteiger partial charge on any atom is 0.242 e. The number of rotatable bonds is 4. The topological polar surface area (TPSA) is 75.3 Å². The zero-order valence-electron chi connectivity index (χ0n) is 14.9. The van der Waals surface area contributed by atoms with Crippen LogP contribution in [0.5, 0.6) is 11.6 Å². The fourth-order valence-corrected chi connectivity index (χ4v) is 4.93. The van der Waals surface area contributed by atoms with Crippen LogP contribution < -0.4 is 0 Å². The molecule has 0 saturated heterocycles. The molecule has 7 heteroatoms. The number of ketones is 1. The fraction of sp³-hybridized carbons (Fsp3) is 0. The lowest BCUT2D eigenvalue weighted by molar-refractivity contribution is 0.103. The van der Waals surface area contributed by atoms with Crippen LogP contribution in [-0.2, 0) is 0 Å². The molecule has 0 unspecified atom stereocenters. The monoisotopic (exact) mass is 418 g/mol. The Morgan fingerprint density at radius 1 is 0.966 bits per heavy atom. The van der Waals surface area contributed by atoms with Gasteiger partial charge in [0.2, 0.25) is 5.88 Å². The predicted molar refractivity (Wildman–Crippen MR) is 115 cm³/mol. The van der Waals surface area contributed by atoms with E-state index in [9.17, 15) is 15.0 Å². The normalized spacial score (nSPS) is 11.2. The third-order valence-electron chi connectivity index (χ3n) is 4.65. The van der Waals surface area contributed by atoms with E-state index < -0.39 is 11.6 Å². The first-order chi connectivity index (χ1) is 14.1. The second kappa shape index (κ2) is 6.88. The number of hydrogen-bond donors (Lipinski definition) is 2. The molecule has 3 heterocycles. The van der Waals surface area contributed by atoms with Crippen LogP contribution in [-0.4, -0.2) is 25.5 Å². The van der Waals surface area contributed by atoms with Gasteiger partial charge < -0.3 is 10.2 Å². The fourth-order valence-electron chi connectivity index (χ4n) is 3.31. The summed E-state index contributed by atoms with van der Waals surface area (Å²) in [6.07, 6.45) is 0. The number of nitrogens with zero attached hydrogens (tertiary/aromatic N) is 2. The summed E-state index contributed by atoms with van der Waals surface area (Å²) >= 11 is 2.85. The minimum absolute atomic E-state index is 0.0614. The van der Waals surface area contributed by atoms with Crippen LogP contribution in [0.4, 0.5) is 0 Å². The first-order valence-corrected chi connectivity index (χ1v) is 10.6. The molecule has 0 saturated carbocycles. The number of benzene rings is 2. The van der Waals surface area contributed by atoms with Crippen molar-refractivity contribution in [3.63, 3.8) is 0 Å². The predicted octanol–water partition coefficient (Wildman–Crippen LogP) is 5.46. The number of carbonyl (C=O) groups is 1. The van der Waals surface area contributed by atoms with E-state index in [0.29, 0.717) is 16.4 Å². The van der Waals surface area contributed by atoms with Crippen molar-refractivity contribution < 1.29 is 15.0 Å². The number of hydrogen-bond acceptors (Lipinski definition) is 6. The molecular formula is C22H14N2O3S2. The van der Waals surface area contributed by atoms with E-state index >= 15 is 0 Å². The average molecular weight is 418 g/mol. The quantitative estimate of drug-likeness (QED) is 0.380. The van der Waals surface area contributed by atoms with Crippen LogP contribution in [0, 0.1) is 0 Å². The van der Waals surface area contributed by atoms with Crippen molar-refractivity contribution in [3.8, 4) is 28.0 Å². The van der Waals surface area contributed by atoms with Crippen molar-refractivity contribution in [2.45, 2.75) is 0 Å². The van der Waals surface area contributed by atoms with Crippen LogP contribution in [0.2, 0.25) is 0 Å². The van der Waals surface area contributed by atoms with Crippen LogP contribution >= 0.6 is 22.7 Å². The molecule has 0 atom stereocenters. The zero-order valence-corrected chi connectivity index (χ0v) is 16.6. The van der Waals surface area contributed by atoms with Crippen LogP contribution in [0.1, 0.15) is 15.9 Å². The van der Waals surface area contributed by atoms with Gasteiger partial charge in [-0.25, -0.2) is 4.98 Å². The van der Waals surface area contributed by atoms with Gasteiger partial charge in [-0.2, -0.15) is 11.3 Å². The third kappa shape index (κ3) is 2.83. The van der Waals surface area contributed by atoms with Gasteiger partial charge in [0, 0.05) is 16.5 Å². The second-order valence-corrected chi connectivity index (χ2v) is 8.19. The molecule has 2 aromatic carbocycles. The highest BCUT2D eigenvalue weighted by Crippen LogP contribution is 2.45. The van der Waals surface area contributed by atoms with Gasteiger partial charge in [0.15, 0.2) is 16.7 Å². The molecule has 3 aromatic heterocycles. The molecule has 0 spiro atoms. The van der Waals surface area contributed by atoms with E-state index in [1.807, 2.05) is 47.2 Å². The number of aromatic nitrogens is 2. The lowest BCUT2D eigenvalue weighted by Crippen LogP contribution is -2.04. The molecular weight excluding hydrogens is 404 g/mol. The summed E-state index contributed by atoms with van der Waals surface area (Å²) in [5.74, 6) is -1.21. The smallest absolute Gasteiger partial charge is 0.242 e. The molecule has 0 aliphatic carbocycles. The highest BCUT2D eigenvalue weighted by atomic mass is 32.1. The van der Waals surface area contributed by atoms with Gasteiger partial charge in [-0.15, -0.1) is 0 Å². The molecule has 2 N–H and O–H groups in total. The number of para-hydroxylation sites is 1. The molecule has 0 aliphatic rings. The van der Waals surface area contributed by atoms with Crippen LogP contribution in [0.15, 0.2) is 71.4 Å². The Morgan fingerprint density at radius 2 is 1.72 bits per heavy atom. The summed E-state index contributed by atoms with van der Waals surface area (Å²) in [5, 5.41) is 25.8. The van der Waals surface area contributed by atoms with Crippen LogP contribution in [0.25, 0.3) is 26.6 Å². The first-order valence-electron chi connectivity index (χ1n) is 8.80. The van der Waals surface area contributed by atoms with Gasteiger partial charge in [0.05, 0.1) is 21.5 Å². The highest BCUT2D eigenvalue weighted by molar-refractivity contribution is 7.20. The lowest BCUT2D eigenvalue weighted by atomic mass is 10.0. The van der Waals surface area contributed by atoms with E-state index in [1.165, 1.54) is 27.2 Å². The van der Waals surface area contributed by atoms with Gasteiger partial charge in [0.1, 0.15) is 0 Å². The van der Waals surface area contributed by atoms with Gasteiger partial charge >= 0.3 is 0 Å². The van der Waals surface area contributed by atoms with Crippen molar-refractivity contribution in [3.05, 3.63) is 82.6 Å². The Morgan fingerprint density at radius 3 is 2.45 bits per heavy atom. The summed E-state index contributed by atoms with van der Waals surface area (Å²) in [6.45, 7) is 0. The van der Waals surface area contributed by atoms with E-state index in [0.717, 1.165) is 15.8 Å². The Hall–Kier alpha value is -3.42. The summed E-state index contributed by atoms with van der Waals surface area (Å²) in [5.41, 5.74) is 2.43. The van der Waals surface area contributed by atoms with Crippen molar-refractivity contribution in [1.29, 1.82) is 0 Å². The maximum absolute atomic E-state index is 13.3. The van der Waals surface area contributed by atoms with Gasteiger partial charge in [-0.1, -0.05) is 53.8 Å². The maximum atomic E-state index is 13.3. The zero-order chi connectivity index (χ0) is 20.0. The van der Waals surface area contributed by atoms with Crippen molar-refractivity contribution >= 4 is 38.7 Å². The molecule has 0 fully saturated rings. The largest absolute Gasteiger partial charge is 0.503 e. The molecule has 0 amide bonds. The molecule has 142 valence electrons. The van der Waals surface area contributed by atoms with Gasteiger partial charge in [0.25, 0.3) is 0 Å². The number of aromatic hydroxyl groups is 2. The summed E-state index contributed by atoms with van der Waals surface area (Å²) < 4.78 is 2.40. The molecule has 5 aromatic rings. The number of carbonyl (C=O) groups excluding carboxylic acids is 1. The van der Waals surface area contributed by atoms with Crippen molar-refractivity contribution in [1.82, 2.24) is 9.55 Å². The molecule has 0 aliphatic heterocycles. The van der Waals surface area contributed by atoms with Crippen molar-refractivity contribution in [2.24, 2.45) is 0 Å². The Balaban J connectivity index is 1.81. The molecule has 0 radical (unpaired) electrons. The average Bonchev–Trinajstić information content (AvgIpc) is 3.47. The van der Waals surface area contributed by atoms with Crippen molar-refractivity contribution in [2.75, 3.05) is 0 Å². The molecule has 5 nitrogen and oxygen atoms in total. The second-order valence-electron chi connectivity index (χ2n) is 6.40. The lowest BCUT2D eigenvalue weighted by Gasteiger charge is -2.07. The molecule has 0 bridgehead atoms. The van der Waals surface area contributed by atoms with Gasteiger partial charge in [-0.3, -0.25) is 9.36 Å². The molecule has 29 heavy (non-hydrogen) atoms. The number of fused-ring (bicyclic) bond motifs is 1. The highest BCUT2D eigenvalue weighted by Gasteiger charge is 2.31. The standard InChI is InChI=1S/C22H14N2O3S2/c25-19(13-6-2-1-3-7-13)17-18(14-10-11-28-12-14)24(21(27)20(17)26)22-23-15-8-4-5-9-16(15)29-22/h1-12,26-27H. The minimum Gasteiger partial charge on any atom is -0.503 e. The van der Waals surface area contributed by atoms with E-state index in [1.54, 1.807) is 24.3 Å². The van der Waals surface area contributed by atoms with Gasteiger partial charge in [-0.05, 0) is 23.6 Å². The Kier molecular flexibility index (Phi) is 4.19. The Bertz CT molecular complexity index is 1300. The van der Waals surface area contributed by atoms with Crippen LogP contribution in [0.3, 0.4) is 0 Å². The van der Waals surface area contributed by atoms with E-state index in [-0.39, 0.29) is 11.3 Å². The van der Waals surface area contributed by atoms with E-state index in [2.05, 4.69) is 4.98 Å². The Labute approximate surface area is 173 Å². The summed E-state index contributed by atoms with van der Waals surface area (Å²) in [4.78, 5) is 17.9. The summed E-state index contributed by atoms with van der Waals surface area (Å²) in [6, 6.07) is 18.2.